The van der Waals surface area contributed by atoms with E-state index in [1.54, 1.807) is 0 Å². The molecule has 2 aromatic heterocycles. The first-order chi connectivity index (χ1) is 9.24. The van der Waals surface area contributed by atoms with Gasteiger partial charge in [-0.05, 0) is 31.4 Å². The molecule has 1 aliphatic heterocycles. The highest BCUT2D eigenvalue weighted by atomic mass is 16.5. The van der Waals surface area contributed by atoms with Crippen LogP contribution >= 0.6 is 0 Å². The third-order valence-corrected chi connectivity index (χ3v) is 3.39. The van der Waals surface area contributed by atoms with Crippen molar-refractivity contribution in [1.82, 2.24) is 14.7 Å². The second kappa shape index (κ2) is 5.01. The Morgan fingerprint density at radius 1 is 1.63 bits per heavy atom. The molecule has 100 valence electrons. The molecule has 0 unspecified atom stereocenters. The van der Waals surface area contributed by atoms with E-state index in [-0.39, 0.29) is 12.0 Å². The second-order valence-electron chi connectivity index (χ2n) is 4.87. The summed E-state index contributed by atoms with van der Waals surface area (Å²) in [6.45, 7) is 3.16. The van der Waals surface area contributed by atoms with E-state index in [1.165, 1.54) is 0 Å². The Bertz CT molecular complexity index is 600. The zero-order valence-electron chi connectivity index (χ0n) is 10.9. The van der Waals surface area contributed by atoms with Gasteiger partial charge in [-0.15, -0.1) is 0 Å². The fraction of sp³-hybridized carbons (Fsp3) is 0.429. The number of rotatable bonds is 3. The lowest BCUT2D eigenvalue weighted by atomic mass is 10.2. The summed E-state index contributed by atoms with van der Waals surface area (Å²) >= 11 is 0. The average Bonchev–Trinajstić information content (AvgIpc) is 3.05. The predicted molar refractivity (Wildman–Crippen MR) is 70.7 cm³/mol. The van der Waals surface area contributed by atoms with Crippen molar-refractivity contribution in [2.75, 3.05) is 6.61 Å². The number of hydrogen-bond donors (Lipinski definition) is 1. The van der Waals surface area contributed by atoms with E-state index < -0.39 is 0 Å². The van der Waals surface area contributed by atoms with Crippen LogP contribution in [-0.2, 0) is 16.1 Å². The summed E-state index contributed by atoms with van der Waals surface area (Å²) in [5, 5.41) is 2.88. The highest BCUT2D eigenvalue weighted by molar-refractivity contribution is 5.80. The van der Waals surface area contributed by atoms with Crippen LogP contribution < -0.4 is 5.32 Å². The first-order valence-electron chi connectivity index (χ1n) is 6.56. The van der Waals surface area contributed by atoms with E-state index in [9.17, 15) is 4.79 Å². The lowest BCUT2D eigenvalue weighted by Gasteiger charge is -2.08. The molecule has 1 atom stereocenters. The number of fused-ring (bicyclic) bond motifs is 1. The van der Waals surface area contributed by atoms with Crippen molar-refractivity contribution in [3.63, 3.8) is 0 Å². The van der Waals surface area contributed by atoms with E-state index in [0.717, 1.165) is 29.7 Å². The van der Waals surface area contributed by atoms with Crippen LogP contribution in [0.1, 0.15) is 24.1 Å². The Hall–Kier alpha value is -1.88. The van der Waals surface area contributed by atoms with Crippen LogP contribution in [0.3, 0.4) is 0 Å². The average molecular weight is 259 g/mol. The Balaban J connectivity index is 1.68. The van der Waals surface area contributed by atoms with Gasteiger partial charge in [0.15, 0.2) is 0 Å². The molecule has 5 nitrogen and oxygen atoms in total. The normalized spacial score (nSPS) is 18.9. The van der Waals surface area contributed by atoms with Gasteiger partial charge in [0, 0.05) is 19.0 Å². The summed E-state index contributed by atoms with van der Waals surface area (Å²) in [5.74, 6) is -0.0359. The summed E-state index contributed by atoms with van der Waals surface area (Å²) in [6, 6.07) is 4.01. The van der Waals surface area contributed by atoms with Crippen LogP contribution in [-0.4, -0.2) is 28.0 Å². The van der Waals surface area contributed by atoms with Crippen LogP contribution in [0.5, 0.6) is 0 Å². The maximum atomic E-state index is 11.8. The minimum absolute atomic E-state index is 0.0359. The van der Waals surface area contributed by atoms with Gasteiger partial charge in [0.2, 0.25) is 5.91 Å². The van der Waals surface area contributed by atoms with Gasteiger partial charge in [0.05, 0.1) is 12.2 Å². The number of ether oxygens (including phenoxy) is 1. The fourth-order valence-corrected chi connectivity index (χ4v) is 2.37. The number of carbonyl (C=O) groups is 1. The number of carbonyl (C=O) groups excluding carboxylic acids is 1. The van der Waals surface area contributed by atoms with Gasteiger partial charge in [0.25, 0.3) is 0 Å². The molecule has 1 N–H and O–H groups in total. The standard InChI is InChI=1S/C14H17N3O2/c1-10-4-2-6-17-9-11(16-13(10)17)8-15-14(18)12-5-3-7-19-12/h2,4,6,9,12H,3,5,7-8H2,1H3,(H,15,18)/t12-/m0/s1. The third kappa shape index (κ3) is 2.46. The van der Waals surface area contributed by atoms with Crippen LogP contribution in [0, 0.1) is 6.92 Å². The van der Waals surface area contributed by atoms with Crippen LogP contribution in [0.4, 0.5) is 0 Å². The topological polar surface area (TPSA) is 55.6 Å². The lowest BCUT2D eigenvalue weighted by molar-refractivity contribution is -0.130. The molecule has 1 saturated heterocycles. The molecule has 0 aliphatic carbocycles. The van der Waals surface area contributed by atoms with Gasteiger partial charge in [-0.1, -0.05) is 6.07 Å². The summed E-state index contributed by atoms with van der Waals surface area (Å²) in [5.41, 5.74) is 2.92. The first kappa shape index (κ1) is 12.2. The van der Waals surface area contributed by atoms with Gasteiger partial charge in [-0.3, -0.25) is 4.79 Å². The number of nitrogens with zero attached hydrogens (tertiary/aromatic N) is 2. The van der Waals surface area contributed by atoms with Crippen molar-refractivity contribution < 1.29 is 9.53 Å². The number of nitrogens with one attached hydrogen (secondary N) is 1. The largest absolute Gasteiger partial charge is 0.368 e. The second-order valence-corrected chi connectivity index (χ2v) is 4.87. The van der Waals surface area contributed by atoms with Crippen molar-refractivity contribution in [1.29, 1.82) is 0 Å². The zero-order chi connectivity index (χ0) is 13.2. The predicted octanol–water partition coefficient (Wildman–Crippen LogP) is 1.44. The molecule has 1 aliphatic rings. The SMILES string of the molecule is Cc1cccn2cc(CNC(=O)[C@@H]3CCCO3)nc12. The van der Waals surface area contributed by atoms with E-state index in [2.05, 4.69) is 10.3 Å². The number of amides is 1. The highest BCUT2D eigenvalue weighted by Crippen LogP contribution is 2.13. The van der Waals surface area contributed by atoms with Crippen LogP contribution in [0.15, 0.2) is 24.5 Å². The van der Waals surface area contributed by atoms with Crippen molar-refractivity contribution in [2.24, 2.45) is 0 Å². The van der Waals surface area contributed by atoms with Crippen LogP contribution in [0.2, 0.25) is 0 Å². The summed E-state index contributed by atoms with van der Waals surface area (Å²) in [6.07, 6.45) is 5.40. The molecule has 0 spiro atoms. The van der Waals surface area contributed by atoms with E-state index in [0.29, 0.717) is 13.2 Å². The van der Waals surface area contributed by atoms with Crippen LogP contribution in [0.25, 0.3) is 5.65 Å². The Kier molecular flexibility index (Phi) is 3.21. The number of pyridine rings is 1. The quantitative estimate of drug-likeness (QED) is 0.907. The molecule has 0 aromatic carbocycles. The minimum atomic E-state index is -0.279. The van der Waals surface area contributed by atoms with Crippen molar-refractivity contribution in [3.05, 3.63) is 35.8 Å². The van der Waals surface area contributed by atoms with Gasteiger partial charge in [-0.2, -0.15) is 0 Å². The van der Waals surface area contributed by atoms with Gasteiger partial charge in [-0.25, -0.2) is 4.98 Å². The monoisotopic (exact) mass is 259 g/mol. The van der Waals surface area contributed by atoms with Gasteiger partial charge >= 0.3 is 0 Å². The summed E-state index contributed by atoms with van der Waals surface area (Å²) < 4.78 is 7.32. The lowest BCUT2D eigenvalue weighted by Crippen LogP contribution is -2.33. The van der Waals surface area contributed by atoms with E-state index in [4.69, 9.17) is 4.74 Å². The molecule has 19 heavy (non-hydrogen) atoms. The van der Waals surface area contributed by atoms with E-state index in [1.807, 2.05) is 35.9 Å². The molecule has 0 radical (unpaired) electrons. The molecule has 1 amide bonds. The smallest absolute Gasteiger partial charge is 0.249 e. The molecule has 5 heteroatoms. The highest BCUT2D eigenvalue weighted by Gasteiger charge is 2.23. The van der Waals surface area contributed by atoms with E-state index >= 15 is 0 Å². The molecular weight excluding hydrogens is 242 g/mol. The number of aromatic nitrogens is 2. The maximum Gasteiger partial charge on any atom is 0.249 e. The number of hydrogen-bond acceptors (Lipinski definition) is 3. The maximum absolute atomic E-state index is 11.8. The molecule has 3 rings (SSSR count). The van der Waals surface area contributed by atoms with Crippen molar-refractivity contribution in [2.45, 2.75) is 32.4 Å². The van der Waals surface area contributed by atoms with Crippen molar-refractivity contribution in [3.8, 4) is 0 Å². The van der Waals surface area contributed by atoms with Gasteiger partial charge in [0.1, 0.15) is 11.8 Å². The summed E-state index contributed by atoms with van der Waals surface area (Å²) in [4.78, 5) is 16.3. The number of aryl methyl sites for hydroxylation is 1. The third-order valence-electron chi connectivity index (χ3n) is 3.39. The molecule has 0 bridgehead atoms. The van der Waals surface area contributed by atoms with Crippen molar-refractivity contribution >= 4 is 11.6 Å². The minimum Gasteiger partial charge on any atom is -0.368 e. The zero-order valence-corrected chi connectivity index (χ0v) is 10.9. The Morgan fingerprint density at radius 3 is 3.26 bits per heavy atom. The summed E-state index contributed by atoms with van der Waals surface area (Å²) in [7, 11) is 0. The molecule has 2 aromatic rings. The first-order valence-corrected chi connectivity index (χ1v) is 6.56. The Labute approximate surface area is 111 Å². The fourth-order valence-electron chi connectivity index (χ4n) is 2.37. The molecule has 3 heterocycles. The van der Waals surface area contributed by atoms with Gasteiger partial charge < -0.3 is 14.5 Å². The molecular formula is C14H17N3O2. The molecule has 1 fully saturated rings. The molecule has 0 saturated carbocycles. The number of imidazole rings is 1. The Morgan fingerprint density at radius 2 is 2.53 bits per heavy atom.